The average Bonchev–Trinajstić information content (AvgIpc) is 2.57. The monoisotopic (exact) mass is 336 g/mol. The van der Waals surface area contributed by atoms with Gasteiger partial charge in [0.1, 0.15) is 12.2 Å². The zero-order valence-corrected chi connectivity index (χ0v) is 15.3. The summed E-state index contributed by atoms with van der Waals surface area (Å²) in [5.41, 5.74) is 1.00. The van der Waals surface area contributed by atoms with Gasteiger partial charge in [0, 0.05) is 11.1 Å². The number of ether oxygens (including phenoxy) is 2. The number of carbonyl (C=O) groups is 2. The van der Waals surface area contributed by atoms with Gasteiger partial charge in [-0.15, -0.1) is 0 Å². The Kier molecular flexibility index (Phi) is 9.43. The highest BCUT2D eigenvalue weighted by Crippen LogP contribution is 2.21. The van der Waals surface area contributed by atoms with Crippen molar-refractivity contribution in [2.75, 3.05) is 0 Å². The van der Waals surface area contributed by atoms with E-state index in [4.69, 9.17) is 9.47 Å². The summed E-state index contributed by atoms with van der Waals surface area (Å²) in [7, 11) is 0. The van der Waals surface area contributed by atoms with Gasteiger partial charge in [0.2, 0.25) is 0 Å². The predicted molar refractivity (Wildman–Crippen MR) is 95.6 cm³/mol. The van der Waals surface area contributed by atoms with Crippen LogP contribution in [0.15, 0.2) is 24.3 Å². The van der Waals surface area contributed by atoms with Crippen molar-refractivity contribution in [1.82, 2.24) is 0 Å². The van der Waals surface area contributed by atoms with E-state index < -0.39 is 0 Å². The molecule has 0 aromatic heterocycles. The molecule has 4 nitrogen and oxygen atoms in total. The largest absolute Gasteiger partial charge is 0.459 e. The van der Waals surface area contributed by atoms with Gasteiger partial charge in [-0.25, -0.2) is 9.59 Å². The maximum absolute atomic E-state index is 11.1. The minimum absolute atomic E-state index is 0.156. The maximum atomic E-state index is 11.1. The van der Waals surface area contributed by atoms with Crippen LogP contribution in [0.5, 0.6) is 0 Å². The molecular weight excluding hydrogens is 304 g/mol. The fraction of sp³-hybridized carbons (Fsp3) is 0.700. The van der Waals surface area contributed by atoms with Crippen molar-refractivity contribution < 1.29 is 19.1 Å². The average molecular weight is 336 g/mol. The highest BCUT2D eigenvalue weighted by atomic mass is 16.5. The fourth-order valence-corrected chi connectivity index (χ4v) is 2.87. The van der Waals surface area contributed by atoms with Gasteiger partial charge in [0.25, 0.3) is 0 Å². The number of rotatable bonds is 4. The van der Waals surface area contributed by atoms with Gasteiger partial charge in [-0.2, -0.15) is 0 Å². The molecule has 0 spiro atoms. The Morgan fingerprint density at radius 1 is 0.667 bits per heavy atom. The van der Waals surface area contributed by atoms with Crippen molar-refractivity contribution in [2.24, 2.45) is 0 Å². The Morgan fingerprint density at radius 3 is 1.21 bits per heavy atom. The van der Waals surface area contributed by atoms with Crippen molar-refractivity contribution in [2.45, 2.75) is 90.3 Å². The molecule has 0 N–H and O–H groups in total. The molecule has 0 radical (unpaired) electrons. The highest BCUT2D eigenvalue weighted by Gasteiger charge is 2.18. The van der Waals surface area contributed by atoms with Crippen LogP contribution in [0.1, 0.15) is 78.1 Å². The third-order valence-electron chi connectivity index (χ3n) is 4.35. The second-order valence-corrected chi connectivity index (χ2v) is 6.89. The molecule has 0 aliphatic heterocycles. The Labute approximate surface area is 146 Å². The van der Waals surface area contributed by atoms with E-state index in [1.54, 1.807) is 13.8 Å². The first-order valence-corrected chi connectivity index (χ1v) is 9.13. The molecule has 2 saturated carbocycles. The number of esters is 2. The molecular formula is C20H32O4. The van der Waals surface area contributed by atoms with Crippen LogP contribution in [-0.2, 0) is 19.1 Å². The fourth-order valence-electron chi connectivity index (χ4n) is 2.87. The second kappa shape index (κ2) is 11.1. The Balaban J connectivity index is 0.000000240. The minimum atomic E-state index is -0.234. The van der Waals surface area contributed by atoms with E-state index in [1.165, 1.54) is 38.5 Å². The van der Waals surface area contributed by atoms with Crippen LogP contribution < -0.4 is 0 Å². The topological polar surface area (TPSA) is 52.6 Å². The molecule has 2 rings (SSSR count). The van der Waals surface area contributed by atoms with Crippen LogP contribution in [0.2, 0.25) is 0 Å². The third kappa shape index (κ3) is 8.32. The van der Waals surface area contributed by atoms with E-state index in [2.05, 4.69) is 13.2 Å². The molecule has 0 bridgehead atoms. The minimum Gasteiger partial charge on any atom is -0.459 e. The normalized spacial score (nSPS) is 18.8. The first-order valence-electron chi connectivity index (χ1n) is 9.13. The summed E-state index contributed by atoms with van der Waals surface area (Å²) in [5.74, 6) is -0.469. The van der Waals surface area contributed by atoms with Gasteiger partial charge in [-0.3, -0.25) is 0 Å². The van der Waals surface area contributed by atoms with Crippen molar-refractivity contribution in [1.29, 1.82) is 0 Å². The van der Waals surface area contributed by atoms with E-state index in [0.717, 1.165) is 25.7 Å². The van der Waals surface area contributed by atoms with E-state index in [-0.39, 0.29) is 24.1 Å². The van der Waals surface area contributed by atoms with E-state index in [9.17, 15) is 9.59 Å². The van der Waals surface area contributed by atoms with E-state index >= 15 is 0 Å². The molecule has 0 amide bonds. The van der Waals surface area contributed by atoms with E-state index in [0.29, 0.717) is 11.1 Å². The quantitative estimate of drug-likeness (QED) is 0.542. The molecule has 2 aliphatic rings. The van der Waals surface area contributed by atoms with Gasteiger partial charge in [-0.05, 0) is 65.2 Å². The van der Waals surface area contributed by atoms with Crippen LogP contribution >= 0.6 is 0 Å². The van der Waals surface area contributed by atoms with Gasteiger partial charge < -0.3 is 9.47 Å². The lowest BCUT2D eigenvalue weighted by molar-refractivity contribution is -0.146. The summed E-state index contributed by atoms with van der Waals surface area (Å²) in [6, 6.07) is 0. The lowest BCUT2D eigenvalue weighted by atomic mass is 9.98. The highest BCUT2D eigenvalue weighted by molar-refractivity contribution is 5.87. The molecule has 4 heteroatoms. The smallest absolute Gasteiger partial charge is 0.333 e. The third-order valence-corrected chi connectivity index (χ3v) is 4.35. The second-order valence-electron chi connectivity index (χ2n) is 6.89. The van der Waals surface area contributed by atoms with Crippen LogP contribution in [-0.4, -0.2) is 24.1 Å². The molecule has 0 heterocycles. The maximum Gasteiger partial charge on any atom is 0.333 e. The standard InChI is InChI=1S/2C10H16O2/c2*1-8(2)10(11)12-9-6-4-3-5-7-9/h2*9H,1,3-7H2,2H3. The van der Waals surface area contributed by atoms with Gasteiger partial charge >= 0.3 is 11.9 Å². The van der Waals surface area contributed by atoms with Crippen molar-refractivity contribution >= 4 is 11.9 Å². The SMILES string of the molecule is C=C(C)C(=O)OC1CCCCC1.C=C(C)C(=O)OC1CCCCC1. The summed E-state index contributed by atoms with van der Waals surface area (Å²) in [5, 5.41) is 0. The molecule has 0 aromatic rings. The van der Waals surface area contributed by atoms with Gasteiger partial charge in [0.15, 0.2) is 0 Å². The molecule has 0 unspecified atom stereocenters. The first-order chi connectivity index (χ1) is 11.4. The summed E-state index contributed by atoms with van der Waals surface area (Å²) >= 11 is 0. The number of carbonyl (C=O) groups excluding carboxylic acids is 2. The zero-order chi connectivity index (χ0) is 17.9. The van der Waals surface area contributed by atoms with Crippen molar-refractivity contribution in [3.8, 4) is 0 Å². The Hall–Kier alpha value is -1.58. The predicted octanol–water partition coefficient (Wildman–Crippen LogP) is 4.88. The molecule has 2 aliphatic carbocycles. The summed E-state index contributed by atoms with van der Waals surface area (Å²) in [6.07, 6.45) is 11.7. The van der Waals surface area contributed by atoms with Gasteiger partial charge in [-0.1, -0.05) is 26.0 Å². The Morgan fingerprint density at radius 2 is 0.958 bits per heavy atom. The first kappa shape index (κ1) is 20.5. The van der Waals surface area contributed by atoms with Gasteiger partial charge in [0.05, 0.1) is 0 Å². The molecule has 0 atom stereocenters. The lowest BCUT2D eigenvalue weighted by Crippen LogP contribution is -2.20. The molecule has 136 valence electrons. The van der Waals surface area contributed by atoms with Crippen LogP contribution in [0.25, 0.3) is 0 Å². The zero-order valence-electron chi connectivity index (χ0n) is 15.3. The van der Waals surface area contributed by atoms with E-state index in [1.807, 2.05) is 0 Å². The Bertz CT molecular complexity index is 399. The summed E-state index contributed by atoms with van der Waals surface area (Å²) in [4.78, 5) is 22.2. The van der Waals surface area contributed by atoms with Crippen molar-refractivity contribution in [3.05, 3.63) is 24.3 Å². The number of hydrogen-bond donors (Lipinski definition) is 0. The molecule has 0 saturated heterocycles. The van der Waals surface area contributed by atoms with Crippen LogP contribution in [0.3, 0.4) is 0 Å². The molecule has 0 aromatic carbocycles. The summed E-state index contributed by atoms with van der Waals surface area (Å²) < 4.78 is 10.4. The van der Waals surface area contributed by atoms with Crippen LogP contribution in [0.4, 0.5) is 0 Å². The van der Waals surface area contributed by atoms with Crippen LogP contribution in [0, 0.1) is 0 Å². The molecule has 24 heavy (non-hydrogen) atoms. The number of hydrogen-bond acceptors (Lipinski definition) is 4. The molecule has 2 fully saturated rings. The lowest BCUT2D eigenvalue weighted by Gasteiger charge is -2.21. The van der Waals surface area contributed by atoms with Crippen molar-refractivity contribution in [3.63, 3.8) is 0 Å². The summed E-state index contributed by atoms with van der Waals surface area (Å²) in [6.45, 7) is 10.5.